The Kier molecular flexibility index (Phi) is 5.66. The highest BCUT2D eigenvalue weighted by molar-refractivity contribution is 5.74. The third-order valence-corrected chi connectivity index (χ3v) is 4.92. The number of carbonyl (C=O) groups excluding carboxylic acids is 1. The summed E-state index contributed by atoms with van der Waals surface area (Å²) in [5.41, 5.74) is 0.235. The van der Waals surface area contributed by atoms with Crippen LogP contribution in [0, 0.1) is 5.41 Å². The van der Waals surface area contributed by atoms with Crippen molar-refractivity contribution in [3.8, 4) is 0 Å². The van der Waals surface area contributed by atoms with Gasteiger partial charge in [-0.2, -0.15) is 0 Å². The molecule has 2 saturated carbocycles. The Morgan fingerprint density at radius 3 is 2.65 bits per heavy atom. The molecule has 2 fully saturated rings. The Hall–Kier alpha value is -0.810. The maximum atomic E-state index is 12.0. The molecule has 0 bridgehead atoms. The van der Waals surface area contributed by atoms with Crippen molar-refractivity contribution < 1.29 is 14.6 Å². The van der Waals surface area contributed by atoms with E-state index in [4.69, 9.17) is 4.74 Å². The van der Waals surface area contributed by atoms with Crippen molar-refractivity contribution in [1.29, 1.82) is 0 Å². The van der Waals surface area contributed by atoms with Crippen molar-refractivity contribution in [3.05, 3.63) is 0 Å². The average molecular weight is 284 g/mol. The number of rotatable bonds is 6. The number of hydrogen-bond donors (Lipinski definition) is 3. The van der Waals surface area contributed by atoms with Crippen LogP contribution in [-0.4, -0.2) is 43.5 Å². The van der Waals surface area contributed by atoms with E-state index in [0.29, 0.717) is 6.54 Å². The zero-order chi connectivity index (χ0) is 14.4. The quantitative estimate of drug-likeness (QED) is 0.696. The van der Waals surface area contributed by atoms with Gasteiger partial charge in [-0.3, -0.25) is 0 Å². The molecule has 3 N–H and O–H groups in total. The molecule has 0 heterocycles. The third-order valence-electron chi connectivity index (χ3n) is 4.92. The molecular weight excluding hydrogens is 256 g/mol. The normalized spacial score (nSPS) is 28.5. The number of aliphatic hydroxyl groups excluding tert-OH is 1. The van der Waals surface area contributed by atoms with E-state index in [1.54, 1.807) is 7.11 Å². The lowest BCUT2D eigenvalue weighted by Crippen LogP contribution is -2.52. The molecule has 0 radical (unpaired) electrons. The predicted molar refractivity (Wildman–Crippen MR) is 77.6 cm³/mol. The van der Waals surface area contributed by atoms with Crippen LogP contribution in [0.15, 0.2) is 0 Å². The molecule has 5 heteroatoms. The van der Waals surface area contributed by atoms with Gasteiger partial charge in [-0.15, -0.1) is 0 Å². The largest absolute Gasteiger partial charge is 0.391 e. The van der Waals surface area contributed by atoms with Gasteiger partial charge in [-0.05, 0) is 37.5 Å². The van der Waals surface area contributed by atoms with Gasteiger partial charge in [0.2, 0.25) is 0 Å². The summed E-state index contributed by atoms with van der Waals surface area (Å²) in [7, 11) is 1.72. The summed E-state index contributed by atoms with van der Waals surface area (Å²) < 4.78 is 5.15. The molecule has 116 valence electrons. The fraction of sp³-hybridized carbons (Fsp3) is 0.933. The molecule has 2 amide bonds. The number of nitrogens with one attached hydrogen (secondary N) is 2. The second-order valence-corrected chi connectivity index (χ2v) is 6.38. The van der Waals surface area contributed by atoms with Crippen LogP contribution in [0.3, 0.4) is 0 Å². The molecule has 2 unspecified atom stereocenters. The predicted octanol–water partition coefficient (Wildman–Crippen LogP) is 1.80. The lowest BCUT2D eigenvalue weighted by molar-refractivity contribution is 0.0692. The highest BCUT2D eigenvalue weighted by atomic mass is 16.5. The van der Waals surface area contributed by atoms with E-state index in [-0.39, 0.29) is 23.6 Å². The first-order valence-corrected chi connectivity index (χ1v) is 7.87. The molecule has 0 aromatic carbocycles. The molecule has 2 aliphatic rings. The number of amides is 2. The van der Waals surface area contributed by atoms with Gasteiger partial charge < -0.3 is 20.5 Å². The second-order valence-electron chi connectivity index (χ2n) is 6.38. The van der Waals surface area contributed by atoms with E-state index in [9.17, 15) is 9.90 Å². The zero-order valence-corrected chi connectivity index (χ0v) is 12.5. The minimum Gasteiger partial charge on any atom is -0.391 e. The van der Waals surface area contributed by atoms with E-state index in [2.05, 4.69) is 10.6 Å². The smallest absolute Gasteiger partial charge is 0.315 e. The van der Waals surface area contributed by atoms with Crippen LogP contribution in [0.4, 0.5) is 4.79 Å². The Labute approximate surface area is 121 Å². The van der Waals surface area contributed by atoms with Crippen LogP contribution in [0.5, 0.6) is 0 Å². The first-order chi connectivity index (χ1) is 9.65. The van der Waals surface area contributed by atoms with Gasteiger partial charge in [0.15, 0.2) is 0 Å². The lowest BCUT2D eigenvalue weighted by Gasteiger charge is -2.42. The Bertz CT molecular complexity index is 318. The summed E-state index contributed by atoms with van der Waals surface area (Å²) in [5, 5.41) is 15.8. The SMILES string of the molecule is COCCC1(CNC(=O)NC2CCCCC2O)CCC1. The summed E-state index contributed by atoms with van der Waals surface area (Å²) in [5.74, 6) is 0. The van der Waals surface area contributed by atoms with Crippen molar-refractivity contribution in [2.75, 3.05) is 20.3 Å². The second kappa shape index (κ2) is 7.27. The van der Waals surface area contributed by atoms with E-state index < -0.39 is 0 Å². The third kappa shape index (κ3) is 4.09. The highest BCUT2D eigenvalue weighted by Gasteiger charge is 2.37. The van der Waals surface area contributed by atoms with Crippen molar-refractivity contribution in [2.24, 2.45) is 5.41 Å². The van der Waals surface area contributed by atoms with Crippen LogP contribution in [0.25, 0.3) is 0 Å². The summed E-state index contributed by atoms with van der Waals surface area (Å²) in [6, 6.07) is -0.222. The van der Waals surface area contributed by atoms with Crippen LogP contribution < -0.4 is 10.6 Å². The molecule has 0 spiro atoms. The van der Waals surface area contributed by atoms with Crippen LogP contribution >= 0.6 is 0 Å². The summed E-state index contributed by atoms with van der Waals surface area (Å²) in [6.45, 7) is 1.47. The fourth-order valence-electron chi connectivity index (χ4n) is 3.28. The van der Waals surface area contributed by atoms with E-state index in [0.717, 1.165) is 38.7 Å². The van der Waals surface area contributed by atoms with Crippen molar-refractivity contribution in [2.45, 2.75) is 63.5 Å². The molecule has 0 saturated heterocycles. The van der Waals surface area contributed by atoms with Gasteiger partial charge in [0.25, 0.3) is 0 Å². The van der Waals surface area contributed by atoms with E-state index in [1.807, 2.05) is 0 Å². The van der Waals surface area contributed by atoms with Crippen molar-refractivity contribution >= 4 is 6.03 Å². The monoisotopic (exact) mass is 284 g/mol. The molecular formula is C15H28N2O3. The van der Waals surface area contributed by atoms with Gasteiger partial charge in [-0.25, -0.2) is 4.79 Å². The summed E-state index contributed by atoms with van der Waals surface area (Å²) in [4.78, 5) is 12.0. The first-order valence-electron chi connectivity index (χ1n) is 7.87. The number of methoxy groups -OCH3 is 1. The Morgan fingerprint density at radius 1 is 1.30 bits per heavy atom. The van der Waals surface area contributed by atoms with Crippen LogP contribution in [0.2, 0.25) is 0 Å². The Balaban J connectivity index is 1.71. The molecule has 2 rings (SSSR count). The molecule has 2 aliphatic carbocycles. The van der Waals surface area contributed by atoms with Gasteiger partial charge in [0.05, 0.1) is 12.1 Å². The maximum absolute atomic E-state index is 12.0. The van der Waals surface area contributed by atoms with Crippen molar-refractivity contribution in [1.82, 2.24) is 10.6 Å². The standard InChI is InChI=1S/C15H28N2O3/c1-20-10-9-15(7-4-8-15)11-16-14(19)17-12-5-2-3-6-13(12)18/h12-13,18H,2-11H2,1H3,(H2,16,17,19). The van der Waals surface area contributed by atoms with Gasteiger partial charge >= 0.3 is 6.03 Å². The number of aliphatic hydroxyl groups is 1. The topological polar surface area (TPSA) is 70.6 Å². The maximum Gasteiger partial charge on any atom is 0.315 e. The number of urea groups is 1. The number of hydrogen-bond acceptors (Lipinski definition) is 3. The van der Waals surface area contributed by atoms with Crippen LogP contribution in [-0.2, 0) is 4.74 Å². The Morgan fingerprint density at radius 2 is 2.05 bits per heavy atom. The van der Waals surface area contributed by atoms with Gasteiger partial charge in [-0.1, -0.05) is 19.3 Å². The minimum atomic E-state index is -0.388. The fourth-order valence-corrected chi connectivity index (χ4v) is 3.28. The van der Waals surface area contributed by atoms with E-state index >= 15 is 0 Å². The zero-order valence-electron chi connectivity index (χ0n) is 12.5. The number of ether oxygens (including phenoxy) is 1. The molecule has 5 nitrogen and oxygen atoms in total. The van der Waals surface area contributed by atoms with Gasteiger partial charge in [0.1, 0.15) is 0 Å². The summed E-state index contributed by atoms with van der Waals surface area (Å²) in [6.07, 6.45) is 8.02. The highest BCUT2D eigenvalue weighted by Crippen LogP contribution is 2.43. The molecule has 0 aromatic rings. The first kappa shape index (κ1) is 15.6. The molecule has 0 aliphatic heterocycles. The minimum absolute atomic E-state index is 0.0833. The molecule has 0 aromatic heterocycles. The van der Waals surface area contributed by atoms with Gasteiger partial charge in [0, 0.05) is 20.3 Å². The lowest BCUT2D eigenvalue weighted by atomic mass is 9.67. The molecule has 2 atom stereocenters. The molecule has 20 heavy (non-hydrogen) atoms. The number of carbonyl (C=O) groups is 1. The summed E-state index contributed by atoms with van der Waals surface area (Å²) >= 11 is 0. The van der Waals surface area contributed by atoms with E-state index in [1.165, 1.54) is 19.3 Å². The average Bonchev–Trinajstić information content (AvgIpc) is 2.40. The van der Waals surface area contributed by atoms with Crippen LogP contribution in [0.1, 0.15) is 51.4 Å². The van der Waals surface area contributed by atoms with Crippen molar-refractivity contribution in [3.63, 3.8) is 0 Å².